The number of hydrogen-bond donors (Lipinski definition) is 2. The van der Waals surface area contributed by atoms with Crippen LogP contribution in [0.15, 0.2) is 58.8 Å². The van der Waals surface area contributed by atoms with E-state index in [4.69, 9.17) is 5.73 Å². The average molecular weight is 402 g/mol. The van der Waals surface area contributed by atoms with Gasteiger partial charge in [-0.1, -0.05) is 30.3 Å². The Labute approximate surface area is 168 Å². The topological polar surface area (TPSA) is 114 Å². The van der Waals surface area contributed by atoms with E-state index in [1.165, 1.54) is 0 Å². The number of fused-ring (bicyclic) bond motifs is 1. The molecule has 0 aromatic heterocycles. The van der Waals surface area contributed by atoms with E-state index in [2.05, 4.69) is 10.2 Å². The minimum atomic E-state index is -0.704. The lowest BCUT2D eigenvalue weighted by atomic mass is 10.0. The molecular weight excluding hydrogens is 382 g/mol. The number of nitrogen functional groups attached to an aromatic ring is 1. The Morgan fingerprint density at radius 2 is 1.68 bits per heavy atom. The van der Waals surface area contributed by atoms with Gasteiger partial charge in [-0.05, 0) is 18.2 Å². The van der Waals surface area contributed by atoms with Crippen LogP contribution in [0.4, 0.5) is 28.4 Å². The molecular formula is C19H20ClN5O3. The van der Waals surface area contributed by atoms with Gasteiger partial charge in [0.05, 0.1) is 37.1 Å². The number of nitro benzene ring substituents is 1. The molecule has 3 aromatic rings. The Bertz CT molecular complexity index is 1060. The largest absolute Gasteiger partial charge is 1.00 e. The summed E-state index contributed by atoms with van der Waals surface area (Å²) in [6.07, 6.45) is 0. The maximum absolute atomic E-state index is 11.5. The standard InChI is InChI=1S/C19H19N5O3.ClH/c1-24(2,3)14-11-7-10-13-15(14)17(19(25)18(16(13)20)23(26)27)22-21-12-8-5-4-6-9-12;/h4-11H,1-3H3,(H2-,20,21,25);1H. The number of phenolic OH excluding ortho intramolecular Hbond substituents is 1. The number of benzene rings is 3. The third-order valence-corrected chi connectivity index (χ3v) is 4.20. The number of aromatic hydroxyl groups is 1. The summed E-state index contributed by atoms with van der Waals surface area (Å²) >= 11 is 0. The smallest absolute Gasteiger partial charge is 0.336 e. The molecule has 0 bridgehead atoms. The van der Waals surface area contributed by atoms with E-state index in [0.717, 1.165) is 5.69 Å². The molecule has 146 valence electrons. The van der Waals surface area contributed by atoms with Gasteiger partial charge in [0.25, 0.3) is 0 Å². The van der Waals surface area contributed by atoms with Crippen LogP contribution in [0.3, 0.4) is 0 Å². The Morgan fingerprint density at radius 1 is 1.04 bits per heavy atom. The van der Waals surface area contributed by atoms with E-state index in [9.17, 15) is 15.2 Å². The number of quaternary nitrogens is 1. The molecule has 0 heterocycles. The zero-order valence-electron chi connectivity index (χ0n) is 15.6. The van der Waals surface area contributed by atoms with Gasteiger partial charge in [-0.2, -0.15) is 5.11 Å². The first kappa shape index (κ1) is 21.1. The number of azo groups is 1. The minimum Gasteiger partial charge on any atom is -1.00 e. The first-order valence-corrected chi connectivity index (χ1v) is 8.22. The highest BCUT2D eigenvalue weighted by Crippen LogP contribution is 2.50. The van der Waals surface area contributed by atoms with Gasteiger partial charge in [0.2, 0.25) is 5.75 Å². The molecule has 28 heavy (non-hydrogen) atoms. The number of phenols is 1. The van der Waals surface area contributed by atoms with Gasteiger partial charge in [0, 0.05) is 5.39 Å². The van der Waals surface area contributed by atoms with Crippen LogP contribution in [0.25, 0.3) is 10.8 Å². The van der Waals surface area contributed by atoms with Crippen LogP contribution in [0.2, 0.25) is 0 Å². The van der Waals surface area contributed by atoms with Gasteiger partial charge in [0.1, 0.15) is 17.1 Å². The van der Waals surface area contributed by atoms with E-state index in [-0.39, 0.29) is 23.8 Å². The average Bonchev–Trinajstić information content (AvgIpc) is 2.61. The minimum absolute atomic E-state index is 0. The molecule has 3 rings (SSSR count). The highest BCUT2D eigenvalue weighted by molar-refractivity contribution is 6.12. The van der Waals surface area contributed by atoms with Crippen LogP contribution in [-0.4, -0.2) is 31.2 Å². The third-order valence-electron chi connectivity index (χ3n) is 4.20. The van der Waals surface area contributed by atoms with Crippen molar-refractivity contribution in [2.24, 2.45) is 10.2 Å². The lowest BCUT2D eigenvalue weighted by molar-refractivity contribution is -0.384. The van der Waals surface area contributed by atoms with Gasteiger partial charge >= 0.3 is 5.69 Å². The zero-order chi connectivity index (χ0) is 19.8. The molecule has 0 saturated carbocycles. The highest BCUT2D eigenvalue weighted by atomic mass is 35.5. The molecule has 0 radical (unpaired) electrons. The fourth-order valence-electron chi connectivity index (χ4n) is 2.94. The number of nitro groups is 1. The van der Waals surface area contributed by atoms with Crippen molar-refractivity contribution in [3.63, 3.8) is 0 Å². The molecule has 3 N–H and O–H groups in total. The number of rotatable bonds is 4. The summed E-state index contributed by atoms with van der Waals surface area (Å²) in [5.74, 6) is -0.592. The van der Waals surface area contributed by atoms with Crippen molar-refractivity contribution in [2.75, 3.05) is 26.9 Å². The highest BCUT2D eigenvalue weighted by Gasteiger charge is 2.30. The van der Waals surface area contributed by atoms with E-state index in [0.29, 0.717) is 20.9 Å². The van der Waals surface area contributed by atoms with Crippen molar-refractivity contribution in [2.45, 2.75) is 0 Å². The maximum atomic E-state index is 11.5. The molecule has 0 saturated heterocycles. The van der Waals surface area contributed by atoms with Gasteiger partial charge in [-0.15, -0.1) is 5.11 Å². The Kier molecular flexibility index (Phi) is 5.86. The summed E-state index contributed by atoms with van der Waals surface area (Å²) in [7, 11) is 5.84. The second kappa shape index (κ2) is 7.79. The fraction of sp³-hybridized carbons (Fsp3) is 0.158. The van der Waals surface area contributed by atoms with E-state index in [1.807, 2.05) is 33.3 Å². The summed E-state index contributed by atoms with van der Waals surface area (Å²) in [6.45, 7) is 0. The van der Waals surface area contributed by atoms with Crippen molar-refractivity contribution < 1.29 is 22.4 Å². The molecule has 0 amide bonds. The molecule has 0 fully saturated rings. The number of hydrogen-bond acceptors (Lipinski definition) is 6. The third kappa shape index (κ3) is 3.73. The number of nitrogens with zero attached hydrogens (tertiary/aromatic N) is 4. The molecule has 8 nitrogen and oxygen atoms in total. The second-order valence-electron chi connectivity index (χ2n) is 6.96. The van der Waals surface area contributed by atoms with Crippen LogP contribution in [-0.2, 0) is 0 Å². The Balaban J connectivity index is 0.00000280. The summed E-state index contributed by atoms with van der Waals surface area (Å²) in [5, 5.41) is 31.4. The van der Waals surface area contributed by atoms with Gasteiger partial charge in [-0.25, -0.2) is 0 Å². The molecule has 0 unspecified atom stereocenters. The lowest BCUT2D eigenvalue weighted by Crippen LogP contribution is -3.00. The number of anilines is 1. The molecule has 0 aliphatic heterocycles. The normalized spacial score (nSPS) is 11.5. The maximum Gasteiger partial charge on any atom is 0.336 e. The van der Waals surface area contributed by atoms with Crippen molar-refractivity contribution in [1.82, 2.24) is 4.48 Å². The summed E-state index contributed by atoms with van der Waals surface area (Å²) in [5.41, 5.74) is 6.75. The molecule has 0 spiro atoms. The predicted molar refractivity (Wildman–Crippen MR) is 107 cm³/mol. The second-order valence-corrected chi connectivity index (χ2v) is 6.96. The fourth-order valence-corrected chi connectivity index (χ4v) is 2.94. The predicted octanol–water partition coefficient (Wildman–Crippen LogP) is 1.65. The van der Waals surface area contributed by atoms with Crippen molar-refractivity contribution >= 4 is 39.2 Å². The van der Waals surface area contributed by atoms with E-state index >= 15 is 0 Å². The first-order valence-electron chi connectivity index (χ1n) is 8.22. The van der Waals surface area contributed by atoms with Gasteiger partial charge < -0.3 is 23.2 Å². The lowest BCUT2D eigenvalue weighted by Gasteiger charge is -2.25. The van der Waals surface area contributed by atoms with Crippen molar-refractivity contribution in [3.05, 3.63) is 58.6 Å². The summed E-state index contributed by atoms with van der Waals surface area (Å²) in [4.78, 5) is 10.8. The zero-order valence-corrected chi connectivity index (χ0v) is 16.4. The van der Waals surface area contributed by atoms with Crippen LogP contribution < -0.4 is 22.6 Å². The van der Waals surface area contributed by atoms with Crippen LogP contribution in [0.1, 0.15) is 0 Å². The number of halogens is 1. The monoisotopic (exact) mass is 401 g/mol. The van der Waals surface area contributed by atoms with E-state index < -0.39 is 16.4 Å². The van der Waals surface area contributed by atoms with Crippen LogP contribution >= 0.6 is 0 Å². The van der Waals surface area contributed by atoms with Gasteiger partial charge in [-0.3, -0.25) is 14.6 Å². The van der Waals surface area contributed by atoms with Crippen molar-refractivity contribution in [1.29, 1.82) is 0 Å². The van der Waals surface area contributed by atoms with Gasteiger partial charge in [0.15, 0.2) is 0 Å². The van der Waals surface area contributed by atoms with E-state index in [1.54, 1.807) is 36.4 Å². The molecule has 0 atom stereocenters. The Morgan fingerprint density at radius 3 is 2.25 bits per heavy atom. The molecule has 3 aromatic carbocycles. The molecule has 0 aliphatic rings. The SMILES string of the molecule is C[N+](C)(C)c1cccc2c(N)c([N+](=O)[O-])c(O)c(N=Nc3ccccc3)c12.[Cl-]. The number of nitrogens with two attached hydrogens (primary N) is 1. The first-order chi connectivity index (χ1) is 12.7. The molecule has 9 heteroatoms. The van der Waals surface area contributed by atoms with Crippen molar-refractivity contribution in [3.8, 4) is 5.75 Å². The molecule has 0 aliphatic carbocycles. The quantitative estimate of drug-likeness (QED) is 0.227. The summed E-state index contributed by atoms with van der Waals surface area (Å²) in [6, 6.07) is 14.3. The van der Waals surface area contributed by atoms with Crippen LogP contribution in [0, 0.1) is 10.1 Å². The van der Waals surface area contributed by atoms with Crippen LogP contribution in [0.5, 0.6) is 5.75 Å². The Hall–Kier alpha value is -3.23. The summed E-state index contributed by atoms with van der Waals surface area (Å²) < 4.78 is 0.405.